The van der Waals surface area contributed by atoms with Gasteiger partial charge in [-0.3, -0.25) is 0 Å². The van der Waals surface area contributed by atoms with E-state index in [-0.39, 0.29) is 5.92 Å². The minimum Gasteiger partial charge on any atom is -0.383 e. The molecule has 2 aromatic heterocycles. The van der Waals surface area contributed by atoms with Gasteiger partial charge >= 0.3 is 6.01 Å². The van der Waals surface area contributed by atoms with Crippen LogP contribution in [0.4, 0.5) is 23.5 Å². The third kappa shape index (κ3) is 3.42. The van der Waals surface area contributed by atoms with Crippen molar-refractivity contribution in [1.82, 2.24) is 15.1 Å². The van der Waals surface area contributed by atoms with Crippen molar-refractivity contribution >= 4 is 34.4 Å². The monoisotopic (exact) mass is 428 g/mol. The molecule has 2 aromatic carbocycles. The molecule has 0 spiro atoms. The number of nitrogens with two attached hydrogens (primary N) is 1. The number of nitrogens with zero attached hydrogens (tertiary/aromatic N) is 4. The standard InChI is InChI=1S/C24H24N6O2/c25-22-20(19-7-5-15-3-1-2-4-18(15)19)14-16-13-17(6-8-21(16)27-22)26-24-28-23(29-32-24)30-9-11-31-12-10-30/h1-4,6,8,13-14,19H,5,7,9-12H2,(H2,25,27)(H,26,28,29)/t19-/m1/s1. The van der Waals surface area contributed by atoms with Gasteiger partial charge in [-0.2, -0.15) is 4.98 Å². The van der Waals surface area contributed by atoms with Gasteiger partial charge in [0.05, 0.1) is 18.7 Å². The molecular weight excluding hydrogens is 404 g/mol. The summed E-state index contributed by atoms with van der Waals surface area (Å²) in [6.45, 7) is 2.86. The summed E-state index contributed by atoms with van der Waals surface area (Å²) in [5, 5.41) is 8.33. The number of anilines is 4. The smallest absolute Gasteiger partial charge is 0.327 e. The summed E-state index contributed by atoms with van der Waals surface area (Å²) < 4.78 is 10.8. The molecule has 0 unspecified atom stereocenters. The molecule has 6 rings (SSSR count). The highest BCUT2D eigenvalue weighted by atomic mass is 16.5. The molecular formula is C24H24N6O2. The molecule has 162 valence electrons. The Bertz CT molecular complexity index is 1280. The first-order chi connectivity index (χ1) is 15.7. The van der Waals surface area contributed by atoms with E-state index in [2.05, 4.69) is 55.7 Å². The van der Waals surface area contributed by atoms with Crippen LogP contribution < -0.4 is 16.0 Å². The maximum atomic E-state index is 6.39. The van der Waals surface area contributed by atoms with Crippen LogP contribution in [0.25, 0.3) is 10.9 Å². The highest BCUT2D eigenvalue weighted by Crippen LogP contribution is 2.40. The van der Waals surface area contributed by atoms with Crippen LogP contribution in [-0.2, 0) is 11.2 Å². The number of nitrogen functional groups attached to an aromatic ring is 1. The lowest BCUT2D eigenvalue weighted by Gasteiger charge is -2.24. The molecule has 4 aromatic rings. The Kier molecular flexibility index (Phi) is 4.65. The number of morpholine rings is 1. The number of ether oxygens (including phenoxy) is 1. The number of aromatic nitrogens is 3. The van der Waals surface area contributed by atoms with Gasteiger partial charge in [0.2, 0.25) is 0 Å². The molecule has 2 aliphatic rings. The van der Waals surface area contributed by atoms with E-state index < -0.39 is 0 Å². The summed E-state index contributed by atoms with van der Waals surface area (Å²) in [6, 6.07) is 17.1. The van der Waals surface area contributed by atoms with Crippen LogP contribution in [0.1, 0.15) is 29.0 Å². The van der Waals surface area contributed by atoms with Crippen molar-refractivity contribution in [3.8, 4) is 0 Å². The summed E-state index contributed by atoms with van der Waals surface area (Å²) >= 11 is 0. The first-order valence-corrected chi connectivity index (χ1v) is 11.0. The molecule has 1 atom stereocenters. The molecule has 8 nitrogen and oxygen atoms in total. The van der Waals surface area contributed by atoms with E-state index in [1.54, 1.807) is 0 Å². The first-order valence-electron chi connectivity index (χ1n) is 11.0. The lowest BCUT2D eigenvalue weighted by molar-refractivity contribution is 0.121. The minimum absolute atomic E-state index is 0.284. The molecule has 0 radical (unpaired) electrons. The molecule has 1 saturated heterocycles. The van der Waals surface area contributed by atoms with Gasteiger partial charge in [0.15, 0.2) is 0 Å². The highest BCUT2D eigenvalue weighted by molar-refractivity contribution is 5.85. The van der Waals surface area contributed by atoms with Crippen molar-refractivity contribution in [3.63, 3.8) is 0 Å². The number of fused-ring (bicyclic) bond motifs is 2. The second kappa shape index (κ2) is 7.80. The molecule has 0 amide bonds. The van der Waals surface area contributed by atoms with Gasteiger partial charge in [-0.15, -0.1) is 0 Å². The number of nitrogens with one attached hydrogen (secondary N) is 1. The zero-order valence-corrected chi connectivity index (χ0v) is 17.6. The largest absolute Gasteiger partial charge is 0.383 e. The fourth-order valence-corrected chi connectivity index (χ4v) is 4.73. The van der Waals surface area contributed by atoms with Gasteiger partial charge in [-0.05, 0) is 53.4 Å². The molecule has 32 heavy (non-hydrogen) atoms. The zero-order valence-electron chi connectivity index (χ0n) is 17.6. The summed E-state index contributed by atoms with van der Waals surface area (Å²) in [6.07, 6.45) is 2.13. The van der Waals surface area contributed by atoms with E-state index in [4.69, 9.17) is 15.0 Å². The number of pyridine rings is 1. The quantitative estimate of drug-likeness (QED) is 0.505. The Morgan fingerprint density at radius 1 is 1.00 bits per heavy atom. The Morgan fingerprint density at radius 2 is 1.88 bits per heavy atom. The predicted octanol–water partition coefficient (Wildman–Crippen LogP) is 3.86. The average molecular weight is 428 g/mol. The lowest BCUT2D eigenvalue weighted by atomic mass is 9.92. The van der Waals surface area contributed by atoms with E-state index in [1.165, 1.54) is 11.1 Å². The maximum absolute atomic E-state index is 6.39. The van der Waals surface area contributed by atoms with Crippen molar-refractivity contribution < 1.29 is 9.26 Å². The summed E-state index contributed by atoms with van der Waals surface area (Å²) in [5.74, 6) is 1.46. The number of hydrogen-bond donors (Lipinski definition) is 2. The van der Waals surface area contributed by atoms with Gasteiger partial charge in [0.1, 0.15) is 5.82 Å². The van der Waals surface area contributed by atoms with E-state index in [1.807, 2.05) is 18.2 Å². The fraction of sp³-hybridized carbons (Fsp3) is 0.292. The Labute approximate surface area is 185 Å². The van der Waals surface area contributed by atoms with Gasteiger partial charge in [0.25, 0.3) is 5.95 Å². The Hall–Kier alpha value is -3.65. The van der Waals surface area contributed by atoms with Crippen LogP contribution in [0.3, 0.4) is 0 Å². The van der Waals surface area contributed by atoms with Crippen LogP contribution in [0.2, 0.25) is 0 Å². The van der Waals surface area contributed by atoms with Gasteiger partial charge in [0, 0.05) is 35.6 Å². The third-order valence-electron chi connectivity index (χ3n) is 6.34. The topological polar surface area (TPSA) is 102 Å². The maximum Gasteiger partial charge on any atom is 0.327 e. The van der Waals surface area contributed by atoms with E-state index >= 15 is 0 Å². The van der Waals surface area contributed by atoms with Crippen molar-refractivity contribution in [2.75, 3.05) is 42.3 Å². The molecule has 1 fully saturated rings. The SMILES string of the molecule is Nc1nc2ccc(Nc3nc(N4CCOCC4)no3)cc2cc1[C@@H]1CCc2ccccc21. The second-order valence-electron chi connectivity index (χ2n) is 8.28. The van der Waals surface area contributed by atoms with Crippen LogP contribution in [0, 0.1) is 0 Å². The molecule has 3 heterocycles. The van der Waals surface area contributed by atoms with Crippen LogP contribution in [-0.4, -0.2) is 41.4 Å². The summed E-state index contributed by atoms with van der Waals surface area (Å²) in [7, 11) is 0. The molecule has 8 heteroatoms. The van der Waals surface area contributed by atoms with Crippen molar-refractivity contribution in [1.29, 1.82) is 0 Å². The second-order valence-corrected chi connectivity index (χ2v) is 8.28. The van der Waals surface area contributed by atoms with Crippen LogP contribution in [0.15, 0.2) is 53.1 Å². The van der Waals surface area contributed by atoms with Gasteiger partial charge in [-0.25, -0.2) is 4.98 Å². The van der Waals surface area contributed by atoms with Crippen LogP contribution in [0.5, 0.6) is 0 Å². The normalized spacial score (nSPS) is 18.1. The number of benzene rings is 2. The van der Waals surface area contributed by atoms with E-state index in [9.17, 15) is 0 Å². The molecule has 1 aliphatic heterocycles. The molecule has 1 aliphatic carbocycles. The average Bonchev–Trinajstić information content (AvgIpc) is 3.47. The summed E-state index contributed by atoms with van der Waals surface area (Å²) in [5.41, 5.74) is 12.0. The molecule has 3 N–H and O–H groups in total. The number of hydrogen-bond acceptors (Lipinski definition) is 8. The van der Waals surface area contributed by atoms with Crippen LogP contribution >= 0.6 is 0 Å². The summed E-state index contributed by atoms with van der Waals surface area (Å²) in [4.78, 5) is 11.2. The Balaban J connectivity index is 1.28. The minimum atomic E-state index is 0.284. The van der Waals surface area contributed by atoms with E-state index in [0.29, 0.717) is 31.0 Å². The predicted molar refractivity (Wildman–Crippen MR) is 123 cm³/mol. The van der Waals surface area contributed by atoms with Crippen molar-refractivity contribution in [3.05, 3.63) is 65.2 Å². The van der Waals surface area contributed by atoms with E-state index in [0.717, 1.165) is 48.1 Å². The highest BCUT2D eigenvalue weighted by Gasteiger charge is 2.26. The third-order valence-corrected chi connectivity index (χ3v) is 6.34. The van der Waals surface area contributed by atoms with Gasteiger partial charge < -0.3 is 25.2 Å². The molecule has 0 bridgehead atoms. The molecule has 0 saturated carbocycles. The first kappa shape index (κ1) is 19.1. The van der Waals surface area contributed by atoms with Gasteiger partial charge in [-0.1, -0.05) is 24.3 Å². The zero-order chi connectivity index (χ0) is 21.5. The Morgan fingerprint density at radius 3 is 2.78 bits per heavy atom. The lowest BCUT2D eigenvalue weighted by Crippen LogP contribution is -2.36. The number of rotatable bonds is 4. The fourth-order valence-electron chi connectivity index (χ4n) is 4.73. The van der Waals surface area contributed by atoms with Crippen molar-refractivity contribution in [2.24, 2.45) is 0 Å². The number of aryl methyl sites for hydroxylation is 1. The van der Waals surface area contributed by atoms with Crippen molar-refractivity contribution in [2.45, 2.75) is 18.8 Å².